The van der Waals surface area contributed by atoms with Crippen molar-refractivity contribution in [2.24, 2.45) is 5.73 Å². The average molecular weight is 321 g/mol. The van der Waals surface area contributed by atoms with Gasteiger partial charge in [-0.15, -0.1) is 11.8 Å². The summed E-state index contributed by atoms with van der Waals surface area (Å²) in [6, 6.07) is 16.8. The lowest BCUT2D eigenvalue weighted by molar-refractivity contribution is 0.242. The SMILES string of the molecule is CSc1ccc(C(CN)N(C)Cc2cccc(Cl)c2)cc1. The number of thioether (sulfide) groups is 1. The molecule has 2 aromatic rings. The molecule has 21 heavy (non-hydrogen) atoms. The third-order valence-corrected chi connectivity index (χ3v) is 4.56. The van der Waals surface area contributed by atoms with Crippen LogP contribution >= 0.6 is 23.4 Å². The zero-order valence-corrected chi connectivity index (χ0v) is 14.0. The van der Waals surface area contributed by atoms with Crippen LogP contribution in [0.25, 0.3) is 0 Å². The van der Waals surface area contributed by atoms with Crippen LogP contribution in [0.15, 0.2) is 53.4 Å². The van der Waals surface area contributed by atoms with Crippen LogP contribution in [0.2, 0.25) is 5.02 Å². The van der Waals surface area contributed by atoms with E-state index in [0.29, 0.717) is 6.54 Å². The zero-order valence-electron chi connectivity index (χ0n) is 12.4. The van der Waals surface area contributed by atoms with E-state index in [9.17, 15) is 0 Å². The van der Waals surface area contributed by atoms with Gasteiger partial charge >= 0.3 is 0 Å². The van der Waals surface area contributed by atoms with Crippen LogP contribution < -0.4 is 5.73 Å². The van der Waals surface area contributed by atoms with Crippen LogP contribution in [0.1, 0.15) is 17.2 Å². The minimum atomic E-state index is 0.208. The molecule has 0 radical (unpaired) electrons. The normalized spacial score (nSPS) is 12.6. The first-order valence-electron chi connectivity index (χ1n) is 6.92. The molecule has 0 aliphatic heterocycles. The number of nitrogens with two attached hydrogens (primary N) is 1. The monoisotopic (exact) mass is 320 g/mol. The van der Waals surface area contributed by atoms with Crippen molar-refractivity contribution in [3.8, 4) is 0 Å². The summed E-state index contributed by atoms with van der Waals surface area (Å²) in [5, 5.41) is 0.773. The van der Waals surface area contributed by atoms with Gasteiger partial charge in [-0.2, -0.15) is 0 Å². The van der Waals surface area contributed by atoms with Crippen molar-refractivity contribution in [2.75, 3.05) is 19.8 Å². The molecule has 0 bridgehead atoms. The van der Waals surface area contributed by atoms with E-state index in [1.54, 1.807) is 11.8 Å². The number of benzene rings is 2. The molecule has 1 atom stereocenters. The van der Waals surface area contributed by atoms with Gasteiger partial charge in [-0.25, -0.2) is 0 Å². The van der Waals surface area contributed by atoms with Crippen molar-refractivity contribution in [3.05, 3.63) is 64.7 Å². The molecular formula is C17H21ClN2S. The second-order valence-corrected chi connectivity index (χ2v) is 6.39. The maximum absolute atomic E-state index is 6.05. The van der Waals surface area contributed by atoms with Gasteiger partial charge in [0, 0.05) is 29.0 Å². The Balaban J connectivity index is 2.12. The summed E-state index contributed by atoms with van der Waals surface area (Å²) in [5.74, 6) is 0. The van der Waals surface area contributed by atoms with Crippen LogP contribution in [-0.2, 0) is 6.54 Å². The Bertz CT molecular complexity index is 571. The Morgan fingerprint density at radius 1 is 1.19 bits per heavy atom. The summed E-state index contributed by atoms with van der Waals surface area (Å²) in [4.78, 5) is 3.53. The number of likely N-dealkylation sites (N-methyl/N-ethyl adjacent to an activating group) is 1. The molecule has 2 N–H and O–H groups in total. The first-order valence-corrected chi connectivity index (χ1v) is 8.53. The van der Waals surface area contributed by atoms with Crippen molar-refractivity contribution in [1.82, 2.24) is 4.90 Å². The topological polar surface area (TPSA) is 29.3 Å². The van der Waals surface area contributed by atoms with Crippen molar-refractivity contribution in [3.63, 3.8) is 0 Å². The van der Waals surface area contributed by atoms with Gasteiger partial charge in [0.1, 0.15) is 0 Å². The minimum absolute atomic E-state index is 0.208. The third-order valence-electron chi connectivity index (χ3n) is 3.58. The van der Waals surface area contributed by atoms with Gasteiger partial charge in [0.15, 0.2) is 0 Å². The molecule has 112 valence electrons. The van der Waals surface area contributed by atoms with Gasteiger partial charge in [0.05, 0.1) is 0 Å². The predicted octanol–water partition coefficient (Wildman–Crippen LogP) is 4.19. The second-order valence-electron chi connectivity index (χ2n) is 5.07. The van der Waals surface area contributed by atoms with Crippen LogP contribution in [0.5, 0.6) is 0 Å². The minimum Gasteiger partial charge on any atom is -0.329 e. The fourth-order valence-electron chi connectivity index (χ4n) is 2.43. The fraction of sp³-hybridized carbons (Fsp3) is 0.294. The number of hydrogen-bond donors (Lipinski definition) is 1. The number of rotatable bonds is 6. The van der Waals surface area contributed by atoms with Gasteiger partial charge in [0.2, 0.25) is 0 Å². The molecule has 0 heterocycles. The van der Waals surface area contributed by atoms with Crippen LogP contribution in [0.3, 0.4) is 0 Å². The molecule has 0 aliphatic carbocycles. The number of hydrogen-bond acceptors (Lipinski definition) is 3. The van der Waals surface area contributed by atoms with E-state index in [-0.39, 0.29) is 6.04 Å². The maximum Gasteiger partial charge on any atom is 0.0470 e. The van der Waals surface area contributed by atoms with E-state index in [1.807, 2.05) is 18.2 Å². The Labute approximate surface area is 136 Å². The molecular weight excluding hydrogens is 300 g/mol. The molecule has 0 aromatic heterocycles. The van der Waals surface area contributed by atoms with Crippen LogP contribution in [-0.4, -0.2) is 24.7 Å². The van der Waals surface area contributed by atoms with Crippen LogP contribution in [0.4, 0.5) is 0 Å². The molecule has 0 saturated carbocycles. The van der Waals surface area contributed by atoms with E-state index >= 15 is 0 Å². The Hall–Kier alpha value is -1.00. The van der Waals surface area contributed by atoms with E-state index in [0.717, 1.165) is 11.6 Å². The standard InChI is InChI=1S/C17H21ClN2S/c1-20(12-13-4-3-5-15(18)10-13)17(11-19)14-6-8-16(21-2)9-7-14/h3-10,17H,11-12,19H2,1-2H3. The van der Waals surface area contributed by atoms with Gasteiger partial charge < -0.3 is 5.73 Å². The smallest absolute Gasteiger partial charge is 0.0470 e. The lowest BCUT2D eigenvalue weighted by Gasteiger charge is -2.27. The summed E-state index contributed by atoms with van der Waals surface area (Å²) in [6.07, 6.45) is 2.08. The van der Waals surface area contributed by atoms with Crippen molar-refractivity contribution >= 4 is 23.4 Å². The lowest BCUT2D eigenvalue weighted by atomic mass is 10.1. The molecule has 4 heteroatoms. The van der Waals surface area contributed by atoms with E-state index in [4.69, 9.17) is 17.3 Å². The lowest BCUT2D eigenvalue weighted by Crippen LogP contribution is -2.30. The first kappa shape index (κ1) is 16.4. The fourth-order valence-corrected chi connectivity index (χ4v) is 3.05. The molecule has 0 fully saturated rings. The summed E-state index contributed by atoms with van der Waals surface area (Å²) in [5.41, 5.74) is 8.44. The highest BCUT2D eigenvalue weighted by Crippen LogP contribution is 2.24. The van der Waals surface area contributed by atoms with Crippen LogP contribution in [0, 0.1) is 0 Å². The molecule has 2 aromatic carbocycles. The molecule has 0 aliphatic rings. The van der Waals surface area contributed by atoms with Gasteiger partial charge in [0.25, 0.3) is 0 Å². The van der Waals surface area contributed by atoms with E-state index in [1.165, 1.54) is 16.0 Å². The van der Waals surface area contributed by atoms with Gasteiger partial charge in [-0.1, -0.05) is 35.9 Å². The maximum atomic E-state index is 6.05. The van der Waals surface area contributed by atoms with E-state index in [2.05, 4.69) is 48.5 Å². The number of nitrogens with zero attached hydrogens (tertiary/aromatic N) is 1. The highest BCUT2D eigenvalue weighted by atomic mass is 35.5. The average Bonchev–Trinajstić information content (AvgIpc) is 2.48. The molecule has 2 rings (SSSR count). The molecule has 0 saturated heterocycles. The van der Waals surface area contributed by atoms with Crippen molar-refractivity contribution in [2.45, 2.75) is 17.5 Å². The Morgan fingerprint density at radius 2 is 1.90 bits per heavy atom. The van der Waals surface area contributed by atoms with Crippen molar-refractivity contribution < 1.29 is 0 Å². The predicted molar refractivity (Wildman–Crippen MR) is 92.9 cm³/mol. The Morgan fingerprint density at radius 3 is 2.48 bits per heavy atom. The first-order chi connectivity index (χ1) is 10.1. The van der Waals surface area contributed by atoms with Crippen molar-refractivity contribution in [1.29, 1.82) is 0 Å². The Kier molecular flexibility index (Phi) is 6.12. The summed E-state index contributed by atoms with van der Waals surface area (Å²) >= 11 is 7.80. The van der Waals surface area contributed by atoms with Gasteiger partial charge in [-0.05, 0) is 48.7 Å². The highest BCUT2D eigenvalue weighted by Gasteiger charge is 2.15. The molecule has 0 spiro atoms. The highest BCUT2D eigenvalue weighted by molar-refractivity contribution is 7.98. The molecule has 0 amide bonds. The molecule has 1 unspecified atom stereocenters. The third kappa shape index (κ3) is 4.48. The quantitative estimate of drug-likeness (QED) is 0.809. The summed E-state index contributed by atoms with van der Waals surface area (Å²) < 4.78 is 0. The molecule has 2 nitrogen and oxygen atoms in total. The van der Waals surface area contributed by atoms with Gasteiger partial charge in [-0.3, -0.25) is 4.90 Å². The largest absolute Gasteiger partial charge is 0.329 e. The second kappa shape index (κ2) is 7.85. The van der Waals surface area contributed by atoms with E-state index < -0.39 is 0 Å². The summed E-state index contributed by atoms with van der Waals surface area (Å²) in [6.45, 7) is 1.42. The summed E-state index contributed by atoms with van der Waals surface area (Å²) in [7, 11) is 2.10. The zero-order chi connectivity index (χ0) is 15.2. The number of halogens is 1.